The molecule has 0 fully saturated rings. The summed E-state index contributed by atoms with van der Waals surface area (Å²) in [5.41, 5.74) is 1.08. The van der Waals surface area contributed by atoms with Gasteiger partial charge in [0.1, 0.15) is 0 Å². The summed E-state index contributed by atoms with van der Waals surface area (Å²) in [6.07, 6.45) is 3.31. The lowest BCUT2D eigenvalue weighted by Gasteiger charge is -2.16. The van der Waals surface area contributed by atoms with Gasteiger partial charge in [-0.1, -0.05) is 42.5 Å². The van der Waals surface area contributed by atoms with Crippen molar-refractivity contribution in [1.29, 1.82) is 0 Å². The molecular formula is C17H27O6P. The molecule has 0 unspecified atom stereocenters. The Balaban J connectivity index is 2.45. The molecule has 6 nitrogen and oxygen atoms in total. The minimum atomic E-state index is -3.48. The van der Waals surface area contributed by atoms with Crippen LogP contribution in [0.25, 0.3) is 0 Å². The monoisotopic (exact) mass is 358 g/mol. The summed E-state index contributed by atoms with van der Waals surface area (Å²) in [5.74, 6) is 0. The van der Waals surface area contributed by atoms with Crippen LogP contribution in [0.1, 0.15) is 19.4 Å². The average molecular weight is 358 g/mol. The van der Waals surface area contributed by atoms with Crippen LogP contribution in [0.2, 0.25) is 0 Å². The predicted octanol–water partition coefficient (Wildman–Crippen LogP) is 3.97. The molecule has 1 aromatic carbocycles. The van der Waals surface area contributed by atoms with Crippen LogP contribution in [0.3, 0.4) is 0 Å². The lowest BCUT2D eigenvalue weighted by molar-refractivity contribution is 0.0159. The van der Waals surface area contributed by atoms with Crippen LogP contribution in [-0.4, -0.2) is 39.6 Å². The molecule has 0 aliphatic heterocycles. The molecule has 0 spiro atoms. The van der Waals surface area contributed by atoms with Gasteiger partial charge in [-0.15, -0.1) is 0 Å². The Bertz CT molecular complexity index is 495. The van der Waals surface area contributed by atoms with E-state index in [0.29, 0.717) is 13.2 Å². The minimum Gasteiger partial charge on any atom is -0.382 e. The van der Waals surface area contributed by atoms with Crippen molar-refractivity contribution in [3.05, 3.63) is 48.0 Å². The molecule has 0 aliphatic rings. The highest BCUT2D eigenvalue weighted by atomic mass is 31.2. The number of phosphoric ester groups is 1. The largest absolute Gasteiger partial charge is 0.475 e. The predicted molar refractivity (Wildman–Crippen MR) is 92.8 cm³/mol. The number of ether oxygens (including phenoxy) is 2. The van der Waals surface area contributed by atoms with Crippen molar-refractivity contribution >= 4 is 7.82 Å². The fraction of sp³-hybridized carbons (Fsp3) is 0.529. The van der Waals surface area contributed by atoms with E-state index in [-0.39, 0.29) is 25.9 Å². The van der Waals surface area contributed by atoms with Crippen molar-refractivity contribution < 1.29 is 27.6 Å². The van der Waals surface area contributed by atoms with Crippen molar-refractivity contribution in [2.24, 2.45) is 0 Å². The standard InChI is InChI=1S/C17H27O6P/c1-4-21-24(18,22-5-2)23-13-9-12-17(15-19-3)20-14-16-10-7-6-8-11-16/h6-12,17H,4-5,13-15H2,1-3H3/b12-9+/t17-/m0/s1. The zero-order chi connectivity index (χ0) is 17.7. The summed E-state index contributed by atoms with van der Waals surface area (Å²) in [6.45, 7) is 4.98. The van der Waals surface area contributed by atoms with Crippen LogP contribution in [0.15, 0.2) is 42.5 Å². The van der Waals surface area contributed by atoms with E-state index in [9.17, 15) is 4.57 Å². The molecule has 0 aromatic heterocycles. The molecule has 1 rings (SSSR count). The Morgan fingerprint density at radius 1 is 1.08 bits per heavy atom. The van der Waals surface area contributed by atoms with Crippen LogP contribution >= 0.6 is 7.82 Å². The number of phosphoric acid groups is 1. The molecule has 1 aromatic rings. The fourth-order valence-electron chi connectivity index (χ4n) is 1.87. The van der Waals surface area contributed by atoms with E-state index in [1.165, 1.54) is 0 Å². The van der Waals surface area contributed by atoms with E-state index in [0.717, 1.165) is 5.56 Å². The Hall–Kier alpha value is -1.01. The molecule has 0 radical (unpaired) electrons. The first-order valence-electron chi connectivity index (χ1n) is 7.98. The van der Waals surface area contributed by atoms with Crippen molar-refractivity contribution in [2.45, 2.75) is 26.6 Å². The second-order valence-electron chi connectivity index (χ2n) is 4.80. The lowest BCUT2D eigenvalue weighted by atomic mass is 10.2. The molecule has 0 N–H and O–H groups in total. The van der Waals surface area contributed by atoms with Crippen LogP contribution in [0, 0.1) is 0 Å². The van der Waals surface area contributed by atoms with Gasteiger partial charge in [-0.3, -0.25) is 13.6 Å². The van der Waals surface area contributed by atoms with Gasteiger partial charge in [0.15, 0.2) is 0 Å². The van der Waals surface area contributed by atoms with Crippen LogP contribution in [-0.2, 0) is 34.2 Å². The number of rotatable bonds is 13. The highest BCUT2D eigenvalue weighted by Gasteiger charge is 2.24. The van der Waals surface area contributed by atoms with Gasteiger partial charge in [0.25, 0.3) is 0 Å². The maximum Gasteiger partial charge on any atom is 0.475 e. The van der Waals surface area contributed by atoms with Gasteiger partial charge in [-0.25, -0.2) is 4.57 Å². The SMILES string of the molecule is CCOP(=O)(OCC)OC/C=C/[C@@H](COC)OCc1ccccc1. The highest BCUT2D eigenvalue weighted by molar-refractivity contribution is 7.48. The van der Waals surface area contributed by atoms with E-state index >= 15 is 0 Å². The molecule has 0 saturated heterocycles. The lowest BCUT2D eigenvalue weighted by Crippen LogP contribution is -2.16. The fourth-order valence-corrected chi connectivity index (χ4v) is 3.00. The second-order valence-corrected chi connectivity index (χ2v) is 6.47. The molecule has 136 valence electrons. The summed E-state index contributed by atoms with van der Waals surface area (Å²) in [5, 5.41) is 0. The minimum absolute atomic E-state index is 0.103. The van der Waals surface area contributed by atoms with Crippen LogP contribution in [0.4, 0.5) is 0 Å². The normalized spacial score (nSPS) is 13.5. The first-order chi connectivity index (χ1) is 11.6. The third-order valence-electron chi connectivity index (χ3n) is 2.89. The maximum atomic E-state index is 12.1. The van der Waals surface area contributed by atoms with E-state index in [2.05, 4.69) is 0 Å². The molecule has 0 heterocycles. The van der Waals surface area contributed by atoms with Crippen molar-refractivity contribution in [2.75, 3.05) is 33.5 Å². The quantitative estimate of drug-likeness (QED) is 0.393. The third-order valence-corrected chi connectivity index (χ3v) is 4.51. The molecule has 0 bridgehead atoms. The van der Waals surface area contributed by atoms with Gasteiger partial charge in [-0.05, 0) is 19.4 Å². The summed E-state index contributed by atoms with van der Waals surface area (Å²) < 4.78 is 38.4. The number of hydrogen-bond donors (Lipinski definition) is 0. The van der Waals surface area contributed by atoms with Gasteiger partial charge in [0.05, 0.1) is 39.1 Å². The third kappa shape index (κ3) is 8.73. The Morgan fingerprint density at radius 3 is 2.33 bits per heavy atom. The Labute approximate surface area is 144 Å². The molecule has 7 heteroatoms. The molecular weight excluding hydrogens is 331 g/mol. The average Bonchev–Trinajstić information content (AvgIpc) is 2.58. The molecule has 1 atom stereocenters. The van der Waals surface area contributed by atoms with E-state index < -0.39 is 7.82 Å². The number of methoxy groups -OCH3 is 1. The zero-order valence-electron chi connectivity index (χ0n) is 14.6. The summed E-state index contributed by atoms with van der Waals surface area (Å²) >= 11 is 0. The van der Waals surface area contributed by atoms with E-state index in [4.69, 9.17) is 23.0 Å². The smallest absolute Gasteiger partial charge is 0.382 e. The summed E-state index contributed by atoms with van der Waals surface area (Å²) in [6, 6.07) is 9.88. The molecule has 24 heavy (non-hydrogen) atoms. The van der Waals surface area contributed by atoms with Crippen molar-refractivity contribution in [3.63, 3.8) is 0 Å². The van der Waals surface area contributed by atoms with Gasteiger partial charge in [0, 0.05) is 7.11 Å². The zero-order valence-corrected chi connectivity index (χ0v) is 15.4. The van der Waals surface area contributed by atoms with E-state index in [1.54, 1.807) is 27.0 Å². The molecule has 0 aliphatic carbocycles. The van der Waals surface area contributed by atoms with Gasteiger partial charge in [-0.2, -0.15) is 0 Å². The second kappa shape index (κ2) is 12.4. The maximum absolute atomic E-state index is 12.1. The van der Waals surface area contributed by atoms with Gasteiger partial charge >= 0.3 is 7.82 Å². The van der Waals surface area contributed by atoms with Gasteiger partial charge in [0.2, 0.25) is 0 Å². The number of benzene rings is 1. The summed E-state index contributed by atoms with van der Waals surface area (Å²) in [7, 11) is -1.87. The van der Waals surface area contributed by atoms with Crippen LogP contribution in [0.5, 0.6) is 0 Å². The Morgan fingerprint density at radius 2 is 1.75 bits per heavy atom. The van der Waals surface area contributed by atoms with E-state index in [1.807, 2.05) is 36.4 Å². The first kappa shape index (κ1) is 21.0. The van der Waals surface area contributed by atoms with Crippen molar-refractivity contribution in [3.8, 4) is 0 Å². The highest BCUT2D eigenvalue weighted by Crippen LogP contribution is 2.49. The van der Waals surface area contributed by atoms with Crippen molar-refractivity contribution in [1.82, 2.24) is 0 Å². The number of hydrogen-bond acceptors (Lipinski definition) is 6. The summed E-state index contributed by atoms with van der Waals surface area (Å²) in [4.78, 5) is 0. The van der Waals surface area contributed by atoms with Crippen LogP contribution < -0.4 is 0 Å². The Kier molecular flexibility index (Phi) is 10.8. The van der Waals surface area contributed by atoms with Gasteiger partial charge < -0.3 is 9.47 Å². The first-order valence-corrected chi connectivity index (χ1v) is 9.44. The topological polar surface area (TPSA) is 63.2 Å². The molecule has 0 amide bonds. The molecule has 0 saturated carbocycles.